The molecule has 0 aromatic heterocycles. The average molecular weight is 347 g/mol. The lowest BCUT2D eigenvalue weighted by Gasteiger charge is -2.14. The topological polar surface area (TPSA) is 79.2 Å². The normalized spacial score (nSPS) is 11.2. The lowest BCUT2D eigenvalue weighted by Crippen LogP contribution is -2.30. The zero-order valence-corrected chi connectivity index (χ0v) is 13.3. The number of carbonyl (C=O) groups excluding carboxylic acids is 2. The maximum atomic E-state index is 13.5. The summed E-state index contributed by atoms with van der Waals surface area (Å²) in [7, 11) is 0. The minimum Gasteiger partial charge on any atom is -0.449 e. The molecule has 0 spiro atoms. The van der Waals surface area contributed by atoms with Crippen LogP contribution in [0.4, 0.5) is 10.1 Å². The van der Waals surface area contributed by atoms with Crippen LogP contribution in [0.2, 0.25) is 5.02 Å². The van der Waals surface area contributed by atoms with Gasteiger partial charge in [-0.2, -0.15) is 5.26 Å². The Labute approximate surface area is 142 Å². The lowest BCUT2D eigenvalue weighted by molar-refractivity contribution is -0.123. The van der Waals surface area contributed by atoms with Gasteiger partial charge in [-0.3, -0.25) is 4.79 Å². The van der Waals surface area contributed by atoms with Gasteiger partial charge in [0.05, 0.1) is 16.1 Å². The molecule has 2 aromatic carbocycles. The quantitative estimate of drug-likeness (QED) is 0.859. The van der Waals surface area contributed by atoms with Crippen molar-refractivity contribution in [3.63, 3.8) is 0 Å². The molecule has 0 aliphatic carbocycles. The Balaban J connectivity index is 2.02. The minimum absolute atomic E-state index is 0.186. The summed E-state index contributed by atoms with van der Waals surface area (Å²) in [6, 6.07) is 11.6. The summed E-state index contributed by atoms with van der Waals surface area (Å²) >= 11 is 5.87. The molecule has 0 heterocycles. The second-order valence-electron chi connectivity index (χ2n) is 4.82. The van der Waals surface area contributed by atoms with Gasteiger partial charge in [0.1, 0.15) is 11.9 Å². The van der Waals surface area contributed by atoms with E-state index in [2.05, 4.69) is 5.32 Å². The Kier molecular flexibility index (Phi) is 5.51. The molecular formula is C17H12ClFN2O3. The molecule has 0 aliphatic heterocycles. The number of halogens is 2. The van der Waals surface area contributed by atoms with Gasteiger partial charge < -0.3 is 10.1 Å². The molecule has 1 N–H and O–H groups in total. The molecule has 5 nitrogen and oxygen atoms in total. The summed E-state index contributed by atoms with van der Waals surface area (Å²) in [6.45, 7) is 1.36. The summed E-state index contributed by atoms with van der Waals surface area (Å²) in [6.07, 6.45) is -1.15. The number of rotatable bonds is 4. The van der Waals surface area contributed by atoms with Gasteiger partial charge in [0.2, 0.25) is 0 Å². The van der Waals surface area contributed by atoms with Crippen molar-refractivity contribution in [2.75, 3.05) is 5.32 Å². The molecule has 0 saturated heterocycles. The number of nitrogens with zero attached hydrogens (tertiary/aromatic N) is 1. The number of amides is 1. The van der Waals surface area contributed by atoms with E-state index in [1.807, 2.05) is 6.07 Å². The van der Waals surface area contributed by atoms with Crippen LogP contribution in [0, 0.1) is 17.1 Å². The van der Waals surface area contributed by atoms with Gasteiger partial charge in [-0.1, -0.05) is 23.7 Å². The van der Waals surface area contributed by atoms with Crippen LogP contribution in [0.3, 0.4) is 0 Å². The van der Waals surface area contributed by atoms with Crippen LogP contribution >= 0.6 is 11.6 Å². The minimum atomic E-state index is -1.15. The Morgan fingerprint density at radius 3 is 2.62 bits per heavy atom. The second kappa shape index (κ2) is 7.57. The number of benzene rings is 2. The Hall–Kier alpha value is -2.91. The van der Waals surface area contributed by atoms with Crippen molar-refractivity contribution < 1.29 is 18.7 Å². The highest BCUT2D eigenvalue weighted by atomic mass is 35.5. The predicted molar refractivity (Wildman–Crippen MR) is 86.1 cm³/mol. The smallest absolute Gasteiger partial charge is 0.341 e. The van der Waals surface area contributed by atoms with Crippen molar-refractivity contribution in [1.82, 2.24) is 0 Å². The highest BCUT2D eigenvalue weighted by Gasteiger charge is 2.21. The molecule has 2 rings (SSSR count). The number of esters is 1. The summed E-state index contributed by atoms with van der Waals surface area (Å²) < 4.78 is 18.5. The van der Waals surface area contributed by atoms with E-state index in [9.17, 15) is 14.0 Å². The fraction of sp³-hybridized carbons (Fsp3) is 0.118. The van der Waals surface area contributed by atoms with Gasteiger partial charge in [-0.15, -0.1) is 0 Å². The molecule has 0 fully saturated rings. The lowest BCUT2D eigenvalue weighted by atomic mass is 10.2. The van der Waals surface area contributed by atoms with Gasteiger partial charge in [0.15, 0.2) is 6.10 Å². The third-order valence-corrected chi connectivity index (χ3v) is 3.42. The first kappa shape index (κ1) is 17.4. The first-order valence-corrected chi connectivity index (χ1v) is 7.26. The Bertz CT molecular complexity index is 833. The van der Waals surface area contributed by atoms with Gasteiger partial charge in [0, 0.05) is 5.69 Å². The molecule has 0 unspecified atom stereocenters. The van der Waals surface area contributed by atoms with Crippen molar-refractivity contribution in [2.24, 2.45) is 0 Å². The van der Waals surface area contributed by atoms with Gasteiger partial charge in [-0.05, 0) is 37.3 Å². The van der Waals surface area contributed by atoms with Crippen molar-refractivity contribution in [1.29, 1.82) is 5.26 Å². The third kappa shape index (κ3) is 4.09. The number of anilines is 1. The van der Waals surface area contributed by atoms with Crippen molar-refractivity contribution in [3.05, 3.63) is 64.4 Å². The molecule has 24 heavy (non-hydrogen) atoms. The predicted octanol–water partition coefficient (Wildman–Crippen LogP) is 3.53. The fourth-order valence-electron chi connectivity index (χ4n) is 1.83. The van der Waals surface area contributed by atoms with E-state index in [0.29, 0.717) is 5.69 Å². The number of hydrogen-bond acceptors (Lipinski definition) is 4. The van der Waals surface area contributed by atoms with Crippen molar-refractivity contribution in [2.45, 2.75) is 13.0 Å². The van der Waals surface area contributed by atoms with E-state index in [1.165, 1.54) is 43.3 Å². The molecule has 0 bridgehead atoms. The van der Waals surface area contributed by atoms with Crippen LogP contribution in [-0.2, 0) is 9.53 Å². The summed E-state index contributed by atoms with van der Waals surface area (Å²) in [5.74, 6) is -2.27. The van der Waals surface area contributed by atoms with Crippen molar-refractivity contribution in [3.8, 4) is 6.07 Å². The van der Waals surface area contributed by atoms with E-state index in [0.717, 1.165) is 6.07 Å². The second-order valence-corrected chi connectivity index (χ2v) is 5.23. The SMILES string of the molecule is C[C@@H](OC(=O)c1ccccc1F)C(=O)Nc1ccc(C#N)c(Cl)c1. The molecule has 0 saturated carbocycles. The van der Waals surface area contributed by atoms with Crippen molar-refractivity contribution >= 4 is 29.2 Å². The van der Waals surface area contributed by atoms with E-state index in [-0.39, 0.29) is 16.1 Å². The number of carbonyl (C=O) groups is 2. The number of hydrogen-bond donors (Lipinski definition) is 1. The van der Waals surface area contributed by atoms with Crippen LogP contribution in [0.5, 0.6) is 0 Å². The number of nitriles is 1. The van der Waals surface area contributed by atoms with Crippen LogP contribution in [-0.4, -0.2) is 18.0 Å². The van der Waals surface area contributed by atoms with E-state index < -0.39 is 23.8 Å². The monoisotopic (exact) mass is 346 g/mol. The summed E-state index contributed by atoms with van der Waals surface area (Å²) in [4.78, 5) is 23.9. The van der Waals surface area contributed by atoms with E-state index in [1.54, 1.807) is 0 Å². The Morgan fingerprint density at radius 2 is 2.00 bits per heavy atom. The fourth-order valence-corrected chi connectivity index (χ4v) is 2.05. The molecule has 1 atom stereocenters. The van der Waals surface area contributed by atoms with Gasteiger partial charge in [0.25, 0.3) is 5.91 Å². The summed E-state index contributed by atoms with van der Waals surface area (Å²) in [5.41, 5.74) is 0.366. The molecule has 122 valence electrons. The summed E-state index contributed by atoms with van der Waals surface area (Å²) in [5, 5.41) is 11.5. The van der Waals surface area contributed by atoms with E-state index in [4.69, 9.17) is 21.6 Å². The zero-order valence-electron chi connectivity index (χ0n) is 12.5. The van der Waals surface area contributed by atoms with Gasteiger partial charge >= 0.3 is 5.97 Å². The third-order valence-electron chi connectivity index (χ3n) is 3.10. The number of nitrogens with one attached hydrogen (secondary N) is 1. The molecule has 2 aromatic rings. The van der Waals surface area contributed by atoms with Gasteiger partial charge in [-0.25, -0.2) is 9.18 Å². The standard InChI is InChI=1S/C17H12ClFN2O3/c1-10(24-17(23)13-4-2-3-5-15(13)19)16(22)21-12-7-6-11(9-20)14(18)8-12/h2-8,10H,1H3,(H,21,22)/t10-/m1/s1. The van der Waals surface area contributed by atoms with Crippen LogP contribution in [0.15, 0.2) is 42.5 Å². The molecule has 7 heteroatoms. The maximum Gasteiger partial charge on any atom is 0.341 e. The number of ether oxygens (including phenoxy) is 1. The van der Waals surface area contributed by atoms with Crippen LogP contribution < -0.4 is 5.32 Å². The highest BCUT2D eigenvalue weighted by molar-refractivity contribution is 6.32. The molecular weight excluding hydrogens is 335 g/mol. The van der Waals surface area contributed by atoms with Crippen LogP contribution in [0.1, 0.15) is 22.8 Å². The average Bonchev–Trinajstić information content (AvgIpc) is 2.55. The maximum absolute atomic E-state index is 13.5. The highest BCUT2D eigenvalue weighted by Crippen LogP contribution is 2.20. The zero-order chi connectivity index (χ0) is 17.7. The van der Waals surface area contributed by atoms with Crippen LogP contribution in [0.25, 0.3) is 0 Å². The first-order chi connectivity index (χ1) is 11.4. The molecule has 0 aliphatic rings. The largest absolute Gasteiger partial charge is 0.449 e. The Morgan fingerprint density at radius 1 is 1.29 bits per heavy atom. The first-order valence-electron chi connectivity index (χ1n) is 6.88. The molecule has 1 amide bonds. The van der Waals surface area contributed by atoms with E-state index >= 15 is 0 Å². The molecule has 0 radical (unpaired) electrons.